The number of hydrogen-bond donors (Lipinski definition) is 4. The molecule has 62 heavy (non-hydrogen) atoms. The highest BCUT2D eigenvalue weighted by Crippen LogP contribution is 2.27. The summed E-state index contributed by atoms with van der Waals surface area (Å²) < 4.78 is 29.5. The number of pyridine rings is 1. The SMILES string of the molecule is CCn1cc(C(=O)O)c(=O)c2cc(F)c(N3CCN(C(=O)OCc4ccc(NC(=O)C(CCCCN)n5cc(C(NC(=O)OCc6ccccc6)C(C)C)nn5)cc4)CC3)cc21. The number of carboxylic acids is 1. The predicted octanol–water partition coefficient (Wildman–Crippen LogP) is 5.84. The number of aromatic carboxylic acids is 1. The van der Waals surface area contributed by atoms with E-state index >= 15 is 4.39 Å². The van der Waals surface area contributed by atoms with Crippen LogP contribution in [0.4, 0.5) is 25.4 Å². The van der Waals surface area contributed by atoms with Gasteiger partial charge in [0, 0.05) is 50.0 Å². The van der Waals surface area contributed by atoms with Gasteiger partial charge in [0.05, 0.1) is 23.4 Å². The van der Waals surface area contributed by atoms with E-state index in [1.165, 1.54) is 15.8 Å². The molecule has 2 atom stereocenters. The summed E-state index contributed by atoms with van der Waals surface area (Å²) in [6.07, 6.45) is 3.62. The number of anilines is 2. The average Bonchev–Trinajstić information content (AvgIpc) is 3.75. The Hall–Kier alpha value is -6.82. The zero-order valence-corrected chi connectivity index (χ0v) is 35.0. The second-order valence-corrected chi connectivity index (χ2v) is 15.4. The maximum atomic E-state index is 15.3. The highest BCUT2D eigenvalue weighted by atomic mass is 19.1. The highest BCUT2D eigenvalue weighted by molar-refractivity contribution is 5.94. The molecule has 1 saturated heterocycles. The lowest BCUT2D eigenvalue weighted by Crippen LogP contribution is -2.49. The molecule has 3 aromatic carbocycles. The first-order valence-corrected chi connectivity index (χ1v) is 20.6. The molecule has 6 rings (SSSR count). The van der Waals surface area contributed by atoms with Gasteiger partial charge >= 0.3 is 18.2 Å². The molecule has 1 aliphatic rings. The number of rotatable bonds is 17. The Morgan fingerprint density at radius 3 is 2.27 bits per heavy atom. The smallest absolute Gasteiger partial charge is 0.410 e. The number of carbonyl (C=O) groups excluding carboxylic acids is 3. The molecular weight excluding hydrogens is 802 g/mol. The van der Waals surface area contributed by atoms with Crippen LogP contribution < -0.4 is 26.7 Å². The summed E-state index contributed by atoms with van der Waals surface area (Å²) in [5, 5.41) is 23.9. The molecule has 0 saturated carbocycles. The summed E-state index contributed by atoms with van der Waals surface area (Å²) in [7, 11) is 0. The third-order valence-corrected chi connectivity index (χ3v) is 10.7. The number of unbranched alkanes of at least 4 members (excludes halogenated alkanes) is 1. The summed E-state index contributed by atoms with van der Waals surface area (Å²) in [6, 6.07) is 17.6. The lowest BCUT2D eigenvalue weighted by atomic mass is 10.0. The van der Waals surface area contributed by atoms with Crippen LogP contribution in [0.2, 0.25) is 0 Å². The molecule has 5 N–H and O–H groups in total. The van der Waals surface area contributed by atoms with Gasteiger partial charge in [-0.2, -0.15) is 0 Å². The van der Waals surface area contributed by atoms with Gasteiger partial charge in [-0.1, -0.05) is 61.5 Å². The molecule has 2 aromatic heterocycles. The summed E-state index contributed by atoms with van der Waals surface area (Å²) in [5.74, 6) is -2.41. The maximum absolute atomic E-state index is 15.3. The summed E-state index contributed by atoms with van der Waals surface area (Å²) in [5.41, 5.74) is 7.80. The number of fused-ring (bicyclic) bond motifs is 1. The Labute approximate surface area is 357 Å². The number of piperazine rings is 1. The van der Waals surface area contributed by atoms with E-state index in [0.29, 0.717) is 67.9 Å². The standard InChI is InChI=1S/C44H52FN9O8/c1-4-51-24-33(42(57)58)40(55)32-22-34(45)38(23-37(32)51)52-18-20-53(21-19-52)44(60)62-27-30-13-15-31(16-14-30)47-41(56)36(12-8-9-17-46)54-25-35(49-50-54)39(28(2)3)48-43(59)61-26-29-10-6-5-7-11-29/h5-7,10-11,13-16,22-25,28,36,39H,4,8-9,12,17-21,26-27,46H2,1-3H3,(H,47,56)(H,48,59)(H,57,58). The summed E-state index contributed by atoms with van der Waals surface area (Å²) in [4.78, 5) is 67.1. The molecular formula is C44H52FN9O8. The van der Waals surface area contributed by atoms with Crippen molar-refractivity contribution in [3.05, 3.63) is 118 Å². The number of hydrogen-bond acceptors (Lipinski definition) is 11. The molecule has 328 valence electrons. The molecule has 18 heteroatoms. The zero-order valence-electron chi connectivity index (χ0n) is 35.0. The lowest BCUT2D eigenvalue weighted by molar-refractivity contribution is -0.119. The Kier molecular flexibility index (Phi) is 14.9. The molecule has 1 fully saturated rings. The van der Waals surface area contributed by atoms with Gasteiger partial charge in [0.2, 0.25) is 11.3 Å². The van der Waals surface area contributed by atoms with E-state index in [-0.39, 0.29) is 49.2 Å². The van der Waals surface area contributed by atoms with Crippen LogP contribution in [0.3, 0.4) is 0 Å². The number of halogens is 1. The number of benzene rings is 3. The second kappa shape index (κ2) is 20.6. The number of amides is 3. The van der Waals surface area contributed by atoms with Gasteiger partial charge in [-0.3, -0.25) is 9.59 Å². The molecule has 0 spiro atoms. The Morgan fingerprint density at radius 1 is 0.919 bits per heavy atom. The summed E-state index contributed by atoms with van der Waals surface area (Å²) in [6.45, 7) is 7.74. The van der Waals surface area contributed by atoms with Crippen LogP contribution in [-0.4, -0.2) is 86.4 Å². The van der Waals surface area contributed by atoms with Crippen LogP contribution in [0.25, 0.3) is 10.9 Å². The van der Waals surface area contributed by atoms with Crippen molar-refractivity contribution >= 4 is 46.3 Å². The van der Waals surface area contributed by atoms with E-state index in [1.807, 2.05) is 44.2 Å². The van der Waals surface area contributed by atoms with E-state index in [2.05, 4.69) is 20.9 Å². The molecule has 0 bridgehead atoms. The number of aryl methyl sites for hydroxylation is 1. The Morgan fingerprint density at radius 2 is 1.61 bits per heavy atom. The molecule has 5 aromatic rings. The molecule has 0 aliphatic carbocycles. The first-order valence-electron chi connectivity index (χ1n) is 20.6. The van der Waals surface area contributed by atoms with Crippen molar-refractivity contribution in [2.75, 3.05) is 42.9 Å². The topological polar surface area (TPSA) is 216 Å². The molecule has 3 heterocycles. The van der Waals surface area contributed by atoms with Crippen LogP contribution in [0, 0.1) is 11.7 Å². The monoisotopic (exact) mass is 853 g/mol. The normalized spacial score (nSPS) is 13.8. The first kappa shape index (κ1) is 44.7. The van der Waals surface area contributed by atoms with Crippen molar-refractivity contribution in [2.45, 2.75) is 71.9 Å². The number of aromatic nitrogens is 4. The number of nitrogens with zero attached hydrogens (tertiary/aromatic N) is 6. The van der Waals surface area contributed by atoms with Crippen LogP contribution in [0.1, 0.15) is 79.3 Å². The van der Waals surface area contributed by atoms with Crippen LogP contribution >= 0.6 is 0 Å². The van der Waals surface area contributed by atoms with E-state index < -0.39 is 47.0 Å². The number of ether oxygens (including phenoxy) is 2. The minimum atomic E-state index is -1.38. The van der Waals surface area contributed by atoms with E-state index in [9.17, 15) is 29.1 Å². The van der Waals surface area contributed by atoms with Gasteiger partial charge in [0.25, 0.3) is 0 Å². The van der Waals surface area contributed by atoms with Gasteiger partial charge < -0.3 is 45.3 Å². The number of carboxylic acid groups (broad SMARTS) is 1. The minimum absolute atomic E-state index is 0.0140. The number of alkyl carbamates (subject to hydrolysis) is 1. The third kappa shape index (κ3) is 10.9. The fourth-order valence-electron chi connectivity index (χ4n) is 7.26. The Balaban J connectivity index is 1.02. The largest absolute Gasteiger partial charge is 0.477 e. The molecule has 3 amide bonds. The van der Waals surface area contributed by atoms with Gasteiger partial charge in [-0.25, -0.2) is 23.5 Å². The Bertz CT molecular complexity index is 2420. The number of nitrogens with two attached hydrogens (primary N) is 1. The van der Waals surface area contributed by atoms with Crippen LogP contribution in [-0.2, 0) is 34.0 Å². The van der Waals surface area contributed by atoms with Crippen molar-refractivity contribution in [1.82, 2.24) is 29.8 Å². The van der Waals surface area contributed by atoms with E-state index in [1.54, 1.807) is 52.9 Å². The van der Waals surface area contributed by atoms with Crippen LogP contribution in [0.5, 0.6) is 0 Å². The number of carbonyl (C=O) groups is 4. The molecule has 2 unspecified atom stereocenters. The molecule has 1 aliphatic heterocycles. The maximum Gasteiger partial charge on any atom is 0.410 e. The third-order valence-electron chi connectivity index (χ3n) is 10.7. The van der Waals surface area contributed by atoms with E-state index in [4.69, 9.17) is 15.2 Å². The quantitative estimate of drug-likeness (QED) is 0.0812. The van der Waals surface area contributed by atoms with Crippen molar-refractivity contribution in [3.63, 3.8) is 0 Å². The zero-order chi connectivity index (χ0) is 44.3. The van der Waals surface area contributed by atoms with Gasteiger partial charge in [-0.15, -0.1) is 5.10 Å². The number of nitrogens with one attached hydrogen (secondary N) is 2. The molecule has 17 nitrogen and oxygen atoms in total. The van der Waals surface area contributed by atoms with Crippen molar-refractivity contribution in [1.29, 1.82) is 0 Å². The van der Waals surface area contributed by atoms with Gasteiger partial charge in [0.1, 0.15) is 36.3 Å². The van der Waals surface area contributed by atoms with Crippen LogP contribution in [0.15, 0.2) is 83.9 Å². The second-order valence-electron chi connectivity index (χ2n) is 15.4. The van der Waals surface area contributed by atoms with Gasteiger partial charge in [-0.05, 0) is 74.0 Å². The van der Waals surface area contributed by atoms with E-state index in [0.717, 1.165) is 11.6 Å². The first-order chi connectivity index (χ1) is 29.9. The van der Waals surface area contributed by atoms with Gasteiger partial charge in [0.15, 0.2) is 0 Å². The highest BCUT2D eigenvalue weighted by Gasteiger charge is 2.28. The van der Waals surface area contributed by atoms with Crippen molar-refractivity contribution in [3.8, 4) is 0 Å². The predicted molar refractivity (Wildman–Crippen MR) is 229 cm³/mol. The van der Waals surface area contributed by atoms with Crippen molar-refractivity contribution < 1.29 is 38.1 Å². The minimum Gasteiger partial charge on any atom is -0.477 e. The molecule has 0 radical (unpaired) electrons. The lowest BCUT2D eigenvalue weighted by Gasteiger charge is -2.35. The van der Waals surface area contributed by atoms with Crippen molar-refractivity contribution in [2.24, 2.45) is 11.7 Å². The fourth-order valence-corrected chi connectivity index (χ4v) is 7.26. The summed E-state index contributed by atoms with van der Waals surface area (Å²) >= 11 is 0. The average molecular weight is 854 g/mol. The fraction of sp³-hybridized carbons (Fsp3) is 0.386.